The second-order valence-corrected chi connectivity index (χ2v) is 13.5. The Bertz CT molecular complexity index is 301. The zero-order valence-electron chi connectivity index (χ0n) is 6.52. The van der Waals surface area contributed by atoms with Crippen LogP contribution in [0.2, 0.25) is 0 Å². The van der Waals surface area contributed by atoms with E-state index in [1.165, 1.54) is 5.56 Å². The van der Waals surface area contributed by atoms with Crippen molar-refractivity contribution in [2.75, 3.05) is 0 Å². The third kappa shape index (κ3) is 4.31. The molecule has 0 amide bonds. The average Bonchev–Trinajstić information content (AvgIpc) is 2.27. The summed E-state index contributed by atoms with van der Waals surface area (Å²) in [6.45, 7) is 0. The molecule has 0 aromatic heterocycles. The van der Waals surface area contributed by atoms with Crippen molar-refractivity contribution in [1.29, 1.82) is 0 Å². The minimum absolute atomic E-state index is 0. The van der Waals surface area contributed by atoms with Crippen molar-refractivity contribution in [3.05, 3.63) is 30.8 Å². The summed E-state index contributed by atoms with van der Waals surface area (Å²) in [5, 5.41) is 0. The summed E-state index contributed by atoms with van der Waals surface area (Å²) in [4.78, 5) is 0. The Morgan fingerprint density at radius 1 is 1.00 bits per heavy atom. The van der Waals surface area contributed by atoms with Gasteiger partial charge in [-0.2, -0.15) is 0 Å². The van der Waals surface area contributed by atoms with Gasteiger partial charge in [0.05, 0.1) is 0 Å². The Morgan fingerprint density at radius 3 is 2.23 bits per heavy atom. The Balaban J connectivity index is 0. The second kappa shape index (κ2) is 7.83. The van der Waals surface area contributed by atoms with Crippen LogP contribution in [0.3, 0.4) is 0 Å². The molecule has 0 spiro atoms. The first-order chi connectivity index (χ1) is 4.86. The van der Waals surface area contributed by atoms with Crippen LogP contribution >= 0.6 is 0 Å². The van der Waals surface area contributed by atoms with Crippen LogP contribution in [0.25, 0.3) is 6.08 Å². The fraction of sp³-hybridized carbons (Fsp3) is 0. The topological polar surface area (TPSA) is 0 Å². The number of halogens is 3. The predicted octanol–water partition coefficient (Wildman–Crippen LogP) is -8.38. The molecule has 0 saturated carbocycles. The molecule has 1 aromatic rings. The fourth-order valence-electron chi connectivity index (χ4n) is 1.07. The van der Waals surface area contributed by atoms with E-state index in [1.807, 2.05) is 0 Å². The summed E-state index contributed by atoms with van der Waals surface area (Å²) in [6.07, 6.45) is 2.39. The van der Waals surface area contributed by atoms with Gasteiger partial charge in [-0.15, -0.1) is 0 Å². The van der Waals surface area contributed by atoms with Crippen molar-refractivity contribution in [2.45, 2.75) is 0 Å². The van der Waals surface area contributed by atoms with E-state index < -0.39 is 23.2 Å². The molecule has 0 N–H and O–H groups in total. The first kappa shape index (κ1) is 17.0. The van der Waals surface area contributed by atoms with Crippen LogP contribution in [-0.4, -0.2) is 23.2 Å². The summed E-state index contributed by atoms with van der Waals surface area (Å²) in [5.41, 5.74) is 1.51. The molecule has 68 valence electrons. The normalized spacial score (nSPS) is 11.4. The van der Waals surface area contributed by atoms with Crippen molar-refractivity contribution in [2.24, 2.45) is 0 Å². The van der Waals surface area contributed by atoms with Gasteiger partial charge in [-0.1, -0.05) is 0 Å². The molecule has 2 rings (SSSR count). The van der Waals surface area contributed by atoms with Crippen LogP contribution in [0.4, 0.5) is 0 Å². The second-order valence-electron chi connectivity index (χ2n) is 2.27. The number of hydrogen-bond acceptors (Lipinski definition) is 0. The molecule has 1 aliphatic heterocycles. The monoisotopic (exact) mass is 506 g/mol. The average molecular weight is 509 g/mol. The van der Waals surface area contributed by atoms with Gasteiger partial charge >= 0.3 is 88.1 Å². The van der Waals surface area contributed by atoms with Crippen molar-refractivity contribution in [3.63, 3.8) is 0 Å². The first-order valence-corrected chi connectivity index (χ1v) is 8.27. The number of hydrogen-bond donors (Lipinski definition) is 0. The Labute approximate surface area is 124 Å². The van der Waals surface area contributed by atoms with Gasteiger partial charge in [-0.05, 0) is 0 Å². The molecular formula is C8H6BiCl3Zr. The first-order valence-electron chi connectivity index (χ1n) is 3.15. The van der Waals surface area contributed by atoms with E-state index in [2.05, 4.69) is 30.3 Å². The maximum absolute atomic E-state index is 2.39. The Morgan fingerprint density at radius 2 is 1.62 bits per heavy atom. The van der Waals surface area contributed by atoms with Crippen molar-refractivity contribution < 1.29 is 61.9 Å². The zero-order valence-corrected chi connectivity index (χ0v) is 15.1. The van der Waals surface area contributed by atoms with Gasteiger partial charge in [-0.25, -0.2) is 0 Å². The zero-order chi connectivity index (χ0) is 6.97. The quantitative estimate of drug-likeness (QED) is 0.306. The molecule has 1 heterocycles. The molecule has 1 aromatic carbocycles. The summed E-state index contributed by atoms with van der Waals surface area (Å²) in [6, 6.07) is 8.83. The van der Waals surface area contributed by atoms with Crippen molar-refractivity contribution in [3.8, 4) is 0 Å². The molecule has 0 fully saturated rings. The predicted molar refractivity (Wildman–Crippen MR) is 41.2 cm³/mol. The van der Waals surface area contributed by atoms with Gasteiger partial charge in [0.15, 0.2) is 0 Å². The molecule has 5 heteroatoms. The van der Waals surface area contributed by atoms with Gasteiger partial charge < -0.3 is 37.2 Å². The van der Waals surface area contributed by atoms with E-state index in [-0.39, 0.29) is 37.2 Å². The van der Waals surface area contributed by atoms with Gasteiger partial charge in [0.25, 0.3) is 0 Å². The van der Waals surface area contributed by atoms with Crippen molar-refractivity contribution in [1.82, 2.24) is 0 Å². The van der Waals surface area contributed by atoms with E-state index in [0.717, 1.165) is 0 Å². The van der Waals surface area contributed by atoms with Crippen LogP contribution < -0.4 is 40.5 Å². The van der Waals surface area contributed by atoms with E-state index in [1.54, 1.807) is 29.0 Å². The number of fused-ring (bicyclic) bond motifs is 1. The van der Waals surface area contributed by atoms with Crippen LogP contribution in [0.15, 0.2) is 25.3 Å². The molecule has 0 radical (unpaired) electrons. The summed E-state index contributed by atoms with van der Waals surface area (Å²) >= 11 is 1.19. The van der Waals surface area contributed by atoms with Crippen LogP contribution in [-0.2, 0) is 24.7 Å². The van der Waals surface area contributed by atoms with Gasteiger partial charge in [-0.3, -0.25) is 0 Å². The SMILES string of the molecule is [Cl-].[Cl-].[Cl-].[Zr+3][C]1=Cc2cccc[c]2[BiH]1. The van der Waals surface area contributed by atoms with Crippen LogP contribution in [0.5, 0.6) is 0 Å². The summed E-state index contributed by atoms with van der Waals surface area (Å²) < 4.78 is 3.45. The molecule has 0 saturated heterocycles. The Kier molecular flexibility index (Phi) is 10.2. The Hall–Kier alpha value is 1.60. The van der Waals surface area contributed by atoms with E-state index >= 15 is 0 Å². The molecule has 13 heavy (non-hydrogen) atoms. The molecule has 0 aliphatic carbocycles. The molecule has 0 atom stereocenters. The van der Waals surface area contributed by atoms with E-state index in [9.17, 15) is 0 Å². The molecule has 0 unspecified atom stereocenters. The molecule has 0 nitrogen and oxygen atoms in total. The standard InChI is InChI=1S/C8H5.Bi.3ClH.Zr.H/c1-2-8-6-4-3-5-7-8;;;;;;/h2-6H;;3*1H;;/q;;;;;+3;/p-3. The summed E-state index contributed by atoms with van der Waals surface area (Å²) in [5.74, 6) is 0. The third-order valence-corrected chi connectivity index (χ3v) is 9.01. The molecular weight excluding hydrogens is 503 g/mol. The van der Waals surface area contributed by atoms with Gasteiger partial charge in [0, 0.05) is 0 Å². The number of rotatable bonds is 0. The third-order valence-electron chi connectivity index (χ3n) is 1.53. The minimum atomic E-state index is -0.452. The van der Waals surface area contributed by atoms with E-state index in [0.29, 0.717) is 0 Å². The maximum atomic E-state index is 2.39. The van der Waals surface area contributed by atoms with Gasteiger partial charge in [0.1, 0.15) is 0 Å². The molecule has 1 aliphatic rings. The van der Waals surface area contributed by atoms with Gasteiger partial charge in [0.2, 0.25) is 0 Å². The summed E-state index contributed by atoms with van der Waals surface area (Å²) in [7, 11) is 0. The van der Waals surface area contributed by atoms with E-state index in [4.69, 9.17) is 0 Å². The molecule has 0 bridgehead atoms. The number of benzene rings is 1. The van der Waals surface area contributed by atoms with Crippen LogP contribution in [0.1, 0.15) is 5.56 Å². The fourth-order valence-corrected chi connectivity index (χ4v) is 8.24. The van der Waals surface area contributed by atoms with Crippen LogP contribution in [0, 0.1) is 0 Å². The van der Waals surface area contributed by atoms with Crippen molar-refractivity contribution >= 4 is 32.6 Å².